The number of piperidine rings is 1. The molecular formula is C21H31N5O. The van der Waals surface area contributed by atoms with Crippen LogP contribution < -0.4 is 16.0 Å². The molecule has 1 aromatic rings. The van der Waals surface area contributed by atoms with Crippen LogP contribution in [-0.2, 0) is 4.79 Å². The zero-order chi connectivity index (χ0) is 18.6. The van der Waals surface area contributed by atoms with E-state index in [0.717, 1.165) is 55.2 Å². The molecule has 1 saturated heterocycles. The van der Waals surface area contributed by atoms with E-state index in [1.807, 2.05) is 13.0 Å². The summed E-state index contributed by atoms with van der Waals surface area (Å²) >= 11 is 0. The van der Waals surface area contributed by atoms with Crippen molar-refractivity contribution in [3.63, 3.8) is 0 Å². The van der Waals surface area contributed by atoms with E-state index in [9.17, 15) is 4.79 Å². The number of rotatable bonds is 3. The Balaban J connectivity index is 1.28. The van der Waals surface area contributed by atoms with Gasteiger partial charge in [0.15, 0.2) is 0 Å². The molecule has 0 radical (unpaired) electrons. The number of anilines is 2. The maximum absolute atomic E-state index is 13.2. The van der Waals surface area contributed by atoms with Crippen LogP contribution in [0.3, 0.4) is 0 Å². The number of amides is 1. The molecule has 4 aliphatic carbocycles. The van der Waals surface area contributed by atoms with E-state index in [4.69, 9.17) is 5.73 Å². The molecule has 1 atom stereocenters. The fourth-order valence-electron chi connectivity index (χ4n) is 6.76. The first kappa shape index (κ1) is 17.3. The summed E-state index contributed by atoms with van der Waals surface area (Å²) in [5.41, 5.74) is 6.80. The quantitative estimate of drug-likeness (QED) is 0.856. The van der Waals surface area contributed by atoms with Crippen LogP contribution in [0.25, 0.3) is 0 Å². The van der Waals surface area contributed by atoms with E-state index in [1.54, 1.807) is 0 Å². The average molecular weight is 370 g/mol. The number of carbonyl (C=O) groups is 1. The molecule has 0 spiro atoms. The van der Waals surface area contributed by atoms with Crippen molar-refractivity contribution in [1.29, 1.82) is 0 Å². The lowest BCUT2D eigenvalue weighted by Crippen LogP contribution is -2.61. The van der Waals surface area contributed by atoms with Crippen LogP contribution in [0.2, 0.25) is 0 Å². The Bertz CT molecular complexity index is 693. The van der Waals surface area contributed by atoms with E-state index in [0.29, 0.717) is 5.95 Å². The molecule has 4 saturated carbocycles. The Morgan fingerprint density at radius 2 is 1.85 bits per heavy atom. The summed E-state index contributed by atoms with van der Waals surface area (Å²) in [5.74, 6) is 4.03. The molecule has 6 nitrogen and oxygen atoms in total. The Hall–Kier alpha value is -1.85. The summed E-state index contributed by atoms with van der Waals surface area (Å²) in [4.78, 5) is 24.0. The highest BCUT2D eigenvalue weighted by Crippen LogP contribution is 2.55. The van der Waals surface area contributed by atoms with E-state index < -0.39 is 0 Å². The van der Waals surface area contributed by atoms with Crippen molar-refractivity contribution >= 4 is 17.7 Å². The van der Waals surface area contributed by atoms with Crippen LogP contribution in [0.4, 0.5) is 11.8 Å². The van der Waals surface area contributed by atoms with Gasteiger partial charge in [-0.3, -0.25) is 4.79 Å². The normalized spacial score (nSPS) is 37.4. The van der Waals surface area contributed by atoms with Gasteiger partial charge < -0.3 is 16.0 Å². The molecule has 1 aliphatic heterocycles. The minimum atomic E-state index is 0.0447. The van der Waals surface area contributed by atoms with Crippen LogP contribution in [0.1, 0.15) is 57.1 Å². The number of nitrogen functional groups attached to an aromatic ring is 1. The standard InChI is InChI=1S/C21H31N5O/c1-13-5-18(24-20(22)23-13)26-4-2-3-17(12-26)19(27)25-21-9-14-6-15(10-21)8-16(7-14)11-21/h5,14-17H,2-4,6-12H2,1H3,(H,25,27)(H2,22,23,24). The van der Waals surface area contributed by atoms with Gasteiger partial charge in [-0.2, -0.15) is 4.98 Å². The molecular weight excluding hydrogens is 338 g/mol. The molecule has 6 rings (SSSR count). The summed E-state index contributed by atoms with van der Waals surface area (Å²) in [6, 6.07) is 1.97. The van der Waals surface area contributed by atoms with Crippen molar-refractivity contribution < 1.29 is 4.79 Å². The molecule has 0 aromatic carbocycles. The first-order valence-electron chi connectivity index (χ1n) is 10.7. The zero-order valence-corrected chi connectivity index (χ0v) is 16.3. The van der Waals surface area contributed by atoms with Crippen molar-refractivity contribution in [2.24, 2.45) is 23.7 Å². The Labute approximate surface area is 161 Å². The van der Waals surface area contributed by atoms with Crippen molar-refractivity contribution in [2.45, 2.75) is 63.8 Å². The van der Waals surface area contributed by atoms with Crippen molar-refractivity contribution in [2.75, 3.05) is 23.7 Å². The third-order valence-electron chi connectivity index (χ3n) is 7.40. The van der Waals surface area contributed by atoms with Crippen molar-refractivity contribution in [3.8, 4) is 0 Å². The average Bonchev–Trinajstić information content (AvgIpc) is 2.59. The minimum absolute atomic E-state index is 0.0447. The highest BCUT2D eigenvalue weighted by Gasteiger charge is 2.51. The highest BCUT2D eigenvalue weighted by atomic mass is 16.2. The lowest BCUT2D eigenvalue weighted by molar-refractivity contribution is -0.131. The second-order valence-corrected chi connectivity index (χ2v) is 9.70. The second kappa shape index (κ2) is 6.35. The first-order chi connectivity index (χ1) is 13.0. The summed E-state index contributed by atoms with van der Waals surface area (Å²) in [5, 5.41) is 3.57. The maximum Gasteiger partial charge on any atom is 0.225 e. The molecule has 4 bridgehead atoms. The molecule has 1 aromatic heterocycles. The van der Waals surface area contributed by atoms with Gasteiger partial charge in [-0.05, 0) is 76.0 Å². The Kier molecular flexibility index (Phi) is 4.06. The number of hydrogen-bond donors (Lipinski definition) is 2. The Morgan fingerprint density at radius 1 is 1.19 bits per heavy atom. The Morgan fingerprint density at radius 3 is 2.48 bits per heavy atom. The molecule has 27 heavy (non-hydrogen) atoms. The third-order valence-corrected chi connectivity index (χ3v) is 7.40. The lowest BCUT2D eigenvalue weighted by atomic mass is 9.53. The molecule has 1 unspecified atom stereocenters. The van der Waals surface area contributed by atoms with Crippen LogP contribution in [0.15, 0.2) is 6.07 Å². The molecule has 5 fully saturated rings. The summed E-state index contributed by atoms with van der Waals surface area (Å²) in [6.07, 6.45) is 9.83. The van der Waals surface area contributed by atoms with E-state index in [2.05, 4.69) is 20.2 Å². The molecule has 3 N–H and O–H groups in total. The number of aryl methyl sites for hydroxylation is 1. The van der Waals surface area contributed by atoms with Crippen LogP contribution in [-0.4, -0.2) is 34.5 Å². The summed E-state index contributed by atoms with van der Waals surface area (Å²) in [6.45, 7) is 3.59. The van der Waals surface area contributed by atoms with E-state index in [-0.39, 0.29) is 17.4 Å². The number of nitrogens with one attached hydrogen (secondary N) is 1. The van der Waals surface area contributed by atoms with Gasteiger partial charge in [0.05, 0.1) is 5.92 Å². The lowest BCUT2D eigenvalue weighted by Gasteiger charge is -2.57. The van der Waals surface area contributed by atoms with Crippen LogP contribution >= 0.6 is 0 Å². The minimum Gasteiger partial charge on any atom is -0.368 e. The monoisotopic (exact) mass is 369 g/mol. The van der Waals surface area contributed by atoms with Gasteiger partial charge in [0, 0.05) is 30.4 Å². The van der Waals surface area contributed by atoms with Crippen LogP contribution in [0.5, 0.6) is 0 Å². The predicted octanol–water partition coefficient (Wildman–Crippen LogP) is 2.67. The molecule has 1 amide bonds. The first-order valence-corrected chi connectivity index (χ1v) is 10.7. The smallest absolute Gasteiger partial charge is 0.225 e. The fraction of sp³-hybridized carbons (Fsp3) is 0.762. The van der Waals surface area contributed by atoms with Gasteiger partial charge in [-0.1, -0.05) is 0 Å². The van der Waals surface area contributed by atoms with Crippen LogP contribution in [0, 0.1) is 30.6 Å². The SMILES string of the molecule is Cc1cc(N2CCCC(C(=O)NC34CC5CC(CC(C5)C3)C4)C2)nc(N)n1. The van der Waals surface area contributed by atoms with Crippen molar-refractivity contribution in [3.05, 3.63) is 11.8 Å². The highest BCUT2D eigenvalue weighted by molar-refractivity contribution is 5.80. The summed E-state index contributed by atoms with van der Waals surface area (Å²) < 4.78 is 0. The second-order valence-electron chi connectivity index (χ2n) is 9.70. The summed E-state index contributed by atoms with van der Waals surface area (Å²) in [7, 11) is 0. The number of carbonyl (C=O) groups excluding carboxylic acids is 1. The number of nitrogens with two attached hydrogens (primary N) is 1. The molecule has 6 heteroatoms. The van der Waals surface area contributed by atoms with Gasteiger partial charge in [0.1, 0.15) is 5.82 Å². The third kappa shape index (κ3) is 3.27. The van der Waals surface area contributed by atoms with Crippen molar-refractivity contribution in [1.82, 2.24) is 15.3 Å². The van der Waals surface area contributed by atoms with Gasteiger partial charge in [-0.15, -0.1) is 0 Å². The van der Waals surface area contributed by atoms with Gasteiger partial charge in [0.25, 0.3) is 0 Å². The molecule has 2 heterocycles. The van der Waals surface area contributed by atoms with E-state index in [1.165, 1.54) is 38.5 Å². The van der Waals surface area contributed by atoms with Gasteiger partial charge >= 0.3 is 0 Å². The zero-order valence-electron chi connectivity index (χ0n) is 16.3. The van der Waals surface area contributed by atoms with Gasteiger partial charge in [0.2, 0.25) is 11.9 Å². The molecule has 146 valence electrons. The fourth-order valence-corrected chi connectivity index (χ4v) is 6.76. The number of nitrogens with zero attached hydrogens (tertiary/aromatic N) is 3. The van der Waals surface area contributed by atoms with Gasteiger partial charge in [-0.25, -0.2) is 4.98 Å². The maximum atomic E-state index is 13.2. The van der Waals surface area contributed by atoms with E-state index >= 15 is 0 Å². The predicted molar refractivity (Wildman–Crippen MR) is 105 cm³/mol. The largest absolute Gasteiger partial charge is 0.368 e. The molecule has 5 aliphatic rings. The number of hydrogen-bond acceptors (Lipinski definition) is 5. The topological polar surface area (TPSA) is 84.1 Å². The number of aromatic nitrogens is 2.